The first-order valence-electron chi connectivity index (χ1n) is 10.1. The summed E-state index contributed by atoms with van der Waals surface area (Å²) in [6.07, 6.45) is 3.87. The van der Waals surface area contributed by atoms with Crippen molar-refractivity contribution in [2.75, 3.05) is 0 Å². The molecule has 3 heteroatoms. The number of nitrogens with zero attached hydrogens (tertiary/aromatic N) is 2. The highest BCUT2D eigenvalue weighted by Crippen LogP contribution is 2.57. The number of hydrogen-bond donors (Lipinski definition) is 0. The molecule has 0 saturated heterocycles. The molecule has 2 aromatic heterocycles. The number of ether oxygens (including phenoxy) is 1. The van der Waals surface area contributed by atoms with Crippen molar-refractivity contribution in [1.29, 1.82) is 0 Å². The molecule has 1 aliphatic carbocycles. The van der Waals surface area contributed by atoms with Gasteiger partial charge in [0.05, 0.1) is 11.2 Å². The number of aromatic nitrogens is 2. The van der Waals surface area contributed by atoms with E-state index in [1.807, 2.05) is 30.6 Å². The molecular formula is C26H22N2O. The van der Waals surface area contributed by atoms with Crippen LogP contribution in [0.1, 0.15) is 44.4 Å². The van der Waals surface area contributed by atoms with Crippen LogP contribution in [0, 0.1) is 0 Å². The van der Waals surface area contributed by atoms with E-state index in [0.717, 1.165) is 27.9 Å². The maximum Gasteiger partial charge on any atom is 0.139 e. The Bertz CT molecular complexity index is 1330. The van der Waals surface area contributed by atoms with Gasteiger partial charge in [0.1, 0.15) is 11.4 Å². The van der Waals surface area contributed by atoms with Gasteiger partial charge in [-0.05, 0) is 48.7 Å². The minimum Gasteiger partial charge on any atom is -0.482 e. The van der Waals surface area contributed by atoms with Gasteiger partial charge in [-0.15, -0.1) is 0 Å². The predicted octanol–water partition coefficient (Wildman–Crippen LogP) is 6.23. The third-order valence-electron chi connectivity index (χ3n) is 6.57. The predicted molar refractivity (Wildman–Crippen MR) is 116 cm³/mol. The van der Waals surface area contributed by atoms with Crippen molar-refractivity contribution in [3.05, 3.63) is 77.6 Å². The van der Waals surface area contributed by atoms with E-state index in [2.05, 4.69) is 58.0 Å². The third kappa shape index (κ3) is 2.02. The summed E-state index contributed by atoms with van der Waals surface area (Å²) in [5.74, 6) is 0.932. The van der Waals surface area contributed by atoms with Crippen LogP contribution in [-0.2, 0) is 11.0 Å². The fourth-order valence-corrected chi connectivity index (χ4v) is 5.20. The lowest BCUT2D eigenvalue weighted by atomic mass is 9.74. The number of hydrogen-bond acceptors (Lipinski definition) is 3. The Morgan fingerprint density at radius 2 is 1.62 bits per heavy atom. The average molecular weight is 378 g/mol. The van der Waals surface area contributed by atoms with Crippen LogP contribution in [0.25, 0.3) is 33.3 Å². The molecule has 6 rings (SSSR count). The number of benzene rings is 2. The van der Waals surface area contributed by atoms with Gasteiger partial charge < -0.3 is 4.74 Å². The smallest absolute Gasteiger partial charge is 0.139 e. The van der Waals surface area contributed by atoms with Crippen LogP contribution < -0.4 is 4.74 Å². The first-order valence-corrected chi connectivity index (χ1v) is 10.1. The lowest BCUT2D eigenvalue weighted by Gasteiger charge is -2.38. The molecule has 0 fully saturated rings. The summed E-state index contributed by atoms with van der Waals surface area (Å²) < 4.78 is 6.61. The molecule has 0 saturated carbocycles. The van der Waals surface area contributed by atoms with Gasteiger partial charge in [-0.1, -0.05) is 44.2 Å². The maximum atomic E-state index is 6.61. The van der Waals surface area contributed by atoms with Crippen LogP contribution in [0.5, 0.6) is 5.75 Å². The molecule has 29 heavy (non-hydrogen) atoms. The van der Waals surface area contributed by atoms with Gasteiger partial charge in [-0.2, -0.15) is 0 Å². The minimum atomic E-state index is -0.431. The zero-order valence-corrected chi connectivity index (χ0v) is 17.1. The number of pyridine rings is 2. The maximum absolute atomic E-state index is 6.61. The van der Waals surface area contributed by atoms with Crippen LogP contribution in [-0.4, -0.2) is 9.97 Å². The summed E-state index contributed by atoms with van der Waals surface area (Å²) in [5.41, 5.74) is 8.87. The van der Waals surface area contributed by atoms with Crippen molar-refractivity contribution in [2.45, 2.75) is 38.7 Å². The minimum absolute atomic E-state index is 0.138. The SMILES string of the molecule is CC1(C)Oc2c(cnc3ccccc23)-c2c1ccc1c2C(C)(C)c2cccnc2-1. The zero-order chi connectivity index (χ0) is 20.0. The third-order valence-corrected chi connectivity index (χ3v) is 6.57. The Morgan fingerprint density at radius 1 is 0.793 bits per heavy atom. The highest BCUT2D eigenvalue weighted by atomic mass is 16.5. The molecule has 0 spiro atoms. The van der Waals surface area contributed by atoms with Crippen molar-refractivity contribution < 1.29 is 4.74 Å². The van der Waals surface area contributed by atoms with E-state index in [1.54, 1.807) is 0 Å². The Labute approximate surface area is 170 Å². The summed E-state index contributed by atoms with van der Waals surface area (Å²) in [5, 5.41) is 1.06. The highest BCUT2D eigenvalue weighted by molar-refractivity contribution is 5.97. The number of para-hydroxylation sites is 1. The quantitative estimate of drug-likeness (QED) is 0.364. The van der Waals surface area contributed by atoms with Gasteiger partial charge in [0.15, 0.2) is 0 Å². The van der Waals surface area contributed by atoms with E-state index in [0.29, 0.717) is 0 Å². The first-order chi connectivity index (χ1) is 13.9. The van der Waals surface area contributed by atoms with E-state index in [-0.39, 0.29) is 5.41 Å². The van der Waals surface area contributed by atoms with E-state index in [1.165, 1.54) is 27.8 Å². The lowest BCUT2D eigenvalue weighted by molar-refractivity contribution is 0.107. The van der Waals surface area contributed by atoms with Gasteiger partial charge in [0.25, 0.3) is 0 Å². The monoisotopic (exact) mass is 378 g/mol. The van der Waals surface area contributed by atoms with E-state index >= 15 is 0 Å². The second-order valence-electron chi connectivity index (χ2n) is 9.07. The standard InChI is InChI=1S/C26H22N2O/c1-25(2)19-9-7-13-27-23(19)16-11-12-18-21(22(16)25)17-14-28-20-10-6-5-8-15(20)24(17)29-26(18,3)4/h5-14H,1-4H3. The second-order valence-corrected chi connectivity index (χ2v) is 9.07. The summed E-state index contributed by atoms with van der Waals surface area (Å²) >= 11 is 0. The highest BCUT2D eigenvalue weighted by Gasteiger charge is 2.44. The molecule has 3 nitrogen and oxygen atoms in total. The number of rotatable bonds is 0. The fraction of sp³-hybridized carbons (Fsp3) is 0.231. The van der Waals surface area contributed by atoms with Gasteiger partial charge >= 0.3 is 0 Å². The summed E-state index contributed by atoms with van der Waals surface area (Å²) in [4.78, 5) is 9.51. The molecule has 4 aromatic rings. The zero-order valence-electron chi connectivity index (χ0n) is 17.1. The first kappa shape index (κ1) is 16.7. The van der Waals surface area contributed by atoms with E-state index < -0.39 is 5.60 Å². The van der Waals surface area contributed by atoms with E-state index in [4.69, 9.17) is 14.7 Å². The van der Waals surface area contributed by atoms with Gasteiger partial charge in [0.2, 0.25) is 0 Å². The Kier molecular flexibility index (Phi) is 3.02. The Morgan fingerprint density at radius 3 is 2.48 bits per heavy atom. The largest absolute Gasteiger partial charge is 0.482 e. The Hall–Kier alpha value is -3.20. The molecule has 0 bridgehead atoms. The van der Waals surface area contributed by atoms with Gasteiger partial charge in [-0.25, -0.2) is 0 Å². The summed E-state index contributed by atoms with van der Waals surface area (Å²) in [7, 11) is 0. The van der Waals surface area contributed by atoms with Crippen LogP contribution in [0.3, 0.4) is 0 Å². The molecule has 142 valence electrons. The van der Waals surface area contributed by atoms with Crippen LogP contribution in [0.2, 0.25) is 0 Å². The van der Waals surface area contributed by atoms with Crippen molar-refractivity contribution in [3.63, 3.8) is 0 Å². The summed E-state index contributed by atoms with van der Waals surface area (Å²) in [6.45, 7) is 8.92. The molecule has 0 unspecified atom stereocenters. The lowest BCUT2D eigenvalue weighted by Crippen LogP contribution is -2.31. The van der Waals surface area contributed by atoms with Crippen LogP contribution in [0.15, 0.2) is 60.9 Å². The molecule has 0 atom stereocenters. The van der Waals surface area contributed by atoms with Gasteiger partial charge in [-0.3, -0.25) is 9.97 Å². The fourth-order valence-electron chi connectivity index (χ4n) is 5.20. The molecular weight excluding hydrogens is 356 g/mol. The molecule has 2 aliphatic rings. The topological polar surface area (TPSA) is 35.0 Å². The normalized spacial score (nSPS) is 17.1. The molecule has 0 N–H and O–H groups in total. The summed E-state index contributed by atoms with van der Waals surface area (Å²) in [6, 6.07) is 16.9. The van der Waals surface area contributed by atoms with Crippen molar-refractivity contribution in [2.24, 2.45) is 0 Å². The van der Waals surface area contributed by atoms with Crippen molar-refractivity contribution >= 4 is 10.9 Å². The molecule has 3 heterocycles. The molecule has 2 aromatic carbocycles. The molecule has 0 amide bonds. The van der Waals surface area contributed by atoms with Crippen LogP contribution in [0.4, 0.5) is 0 Å². The second kappa shape index (κ2) is 5.24. The molecule has 0 radical (unpaired) electrons. The van der Waals surface area contributed by atoms with Gasteiger partial charge in [0, 0.05) is 39.9 Å². The molecule has 1 aliphatic heterocycles. The Balaban J connectivity index is 1.78. The van der Waals surface area contributed by atoms with Crippen molar-refractivity contribution in [3.8, 4) is 28.1 Å². The van der Waals surface area contributed by atoms with Crippen LogP contribution >= 0.6 is 0 Å². The number of fused-ring (bicyclic) bond motifs is 9. The van der Waals surface area contributed by atoms with Crippen molar-refractivity contribution in [1.82, 2.24) is 9.97 Å². The average Bonchev–Trinajstić information content (AvgIpc) is 2.95. The van der Waals surface area contributed by atoms with E-state index in [9.17, 15) is 0 Å².